The Balaban J connectivity index is 1.50. The Morgan fingerprint density at radius 3 is 1.40 bits per heavy atom. The average molecular weight is 614 g/mol. The lowest BCUT2D eigenvalue weighted by atomic mass is 9.96. The van der Waals surface area contributed by atoms with Crippen molar-refractivity contribution in [3.05, 3.63) is 150 Å². The molecule has 6 aromatic carbocycles. The number of hydrogen-bond donors (Lipinski definition) is 0. The van der Waals surface area contributed by atoms with E-state index in [9.17, 15) is 30.7 Å². The summed E-state index contributed by atoms with van der Waals surface area (Å²) in [6.45, 7) is 0. The molecule has 0 amide bonds. The molecule has 0 aliphatic rings. The van der Waals surface area contributed by atoms with Gasteiger partial charge in [0.05, 0.1) is 11.4 Å². The van der Waals surface area contributed by atoms with Crippen LogP contribution in [0.1, 0.15) is 0 Å². The summed E-state index contributed by atoms with van der Waals surface area (Å²) in [5.41, 5.74) is 2.25. The minimum atomic E-state index is -0.942. The van der Waals surface area contributed by atoms with Crippen LogP contribution in [0.4, 0.5) is 47.8 Å². The summed E-state index contributed by atoms with van der Waals surface area (Å²) in [7, 11) is 0. The standard InChI is InChI=1S/C36H18F7NO/c37-23-2-4-35-34(18-23)33-3-1-19(10-36(33)45-35)20-5-21(22-6-24(38)11-25(39)7-22)9-30(8-20)44(31-14-26(40)12-27(41)15-31)32-16-28(42)13-29(43)17-32/h1-18H. The summed E-state index contributed by atoms with van der Waals surface area (Å²) in [6.07, 6.45) is 0. The normalized spacial score (nSPS) is 11.4. The van der Waals surface area contributed by atoms with Gasteiger partial charge in [0.15, 0.2) is 0 Å². The number of furan rings is 1. The highest BCUT2D eigenvalue weighted by Crippen LogP contribution is 2.41. The lowest BCUT2D eigenvalue weighted by molar-refractivity contribution is 0.582. The molecule has 222 valence electrons. The van der Waals surface area contributed by atoms with Gasteiger partial charge in [-0.15, -0.1) is 0 Å². The molecule has 9 heteroatoms. The first kappa shape index (κ1) is 28.2. The summed E-state index contributed by atoms with van der Waals surface area (Å²) in [5, 5.41) is 1.21. The highest BCUT2D eigenvalue weighted by molar-refractivity contribution is 6.06. The zero-order valence-corrected chi connectivity index (χ0v) is 22.9. The summed E-state index contributed by atoms with van der Waals surface area (Å²) in [4.78, 5) is 1.23. The van der Waals surface area contributed by atoms with Crippen molar-refractivity contribution >= 4 is 39.0 Å². The molecule has 2 nitrogen and oxygen atoms in total. The fourth-order valence-corrected chi connectivity index (χ4v) is 5.51. The molecule has 0 saturated heterocycles. The van der Waals surface area contributed by atoms with E-state index in [1.807, 2.05) is 0 Å². The van der Waals surface area contributed by atoms with Crippen LogP contribution in [-0.2, 0) is 0 Å². The van der Waals surface area contributed by atoms with Crippen molar-refractivity contribution in [2.24, 2.45) is 0 Å². The van der Waals surface area contributed by atoms with Gasteiger partial charge in [-0.05, 0) is 107 Å². The predicted octanol–water partition coefficient (Wildman–Crippen LogP) is 11.4. The monoisotopic (exact) mass is 613 g/mol. The number of rotatable bonds is 5. The van der Waals surface area contributed by atoms with Crippen LogP contribution in [0.15, 0.2) is 114 Å². The van der Waals surface area contributed by atoms with Crippen LogP contribution < -0.4 is 4.90 Å². The van der Waals surface area contributed by atoms with Crippen molar-refractivity contribution in [2.45, 2.75) is 0 Å². The van der Waals surface area contributed by atoms with E-state index in [4.69, 9.17) is 4.42 Å². The van der Waals surface area contributed by atoms with Gasteiger partial charge < -0.3 is 9.32 Å². The van der Waals surface area contributed by atoms with E-state index < -0.39 is 40.7 Å². The topological polar surface area (TPSA) is 16.4 Å². The van der Waals surface area contributed by atoms with E-state index in [1.54, 1.807) is 30.3 Å². The molecule has 1 heterocycles. The maximum atomic E-state index is 14.5. The molecule has 0 atom stereocenters. The molecular weight excluding hydrogens is 595 g/mol. The largest absolute Gasteiger partial charge is 0.456 e. The van der Waals surface area contributed by atoms with E-state index in [1.165, 1.54) is 29.2 Å². The van der Waals surface area contributed by atoms with Gasteiger partial charge in [-0.2, -0.15) is 0 Å². The van der Waals surface area contributed by atoms with Crippen LogP contribution in [0.2, 0.25) is 0 Å². The Hall–Kier alpha value is -5.57. The molecule has 0 N–H and O–H groups in total. The van der Waals surface area contributed by atoms with Crippen molar-refractivity contribution in [3.8, 4) is 22.3 Å². The summed E-state index contributed by atoms with van der Waals surface area (Å²) in [6, 6.07) is 22.2. The van der Waals surface area contributed by atoms with Crippen LogP contribution in [-0.4, -0.2) is 0 Å². The molecule has 0 radical (unpaired) electrons. The van der Waals surface area contributed by atoms with Crippen molar-refractivity contribution in [1.82, 2.24) is 0 Å². The second-order valence-corrected chi connectivity index (χ2v) is 10.5. The van der Waals surface area contributed by atoms with Crippen LogP contribution in [0.3, 0.4) is 0 Å². The SMILES string of the molecule is Fc1cc(F)cc(-c2cc(-c3ccc4c(c3)oc3ccc(F)cc34)cc(N(c3cc(F)cc(F)c3)c3cc(F)cc(F)c3)c2)c1. The zero-order valence-electron chi connectivity index (χ0n) is 22.9. The van der Waals surface area contributed by atoms with Gasteiger partial charge in [-0.1, -0.05) is 6.07 Å². The molecule has 0 spiro atoms. The first-order valence-corrected chi connectivity index (χ1v) is 13.6. The lowest BCUT2D eigenvalue weighted by Crippen LogP contribution is -2.12. The lowest BCUT2D eigenvalue weighted by Gasteiger charge is -2.27. The molecule has 0 aliphatic carbocycles. The number of anilines is 3. The molecule has 0 unspecified atom stereocenters. The number of nitrogens with zero attached hydrogens (tertiary/aromatic N) is 1. The minimum absolute atomic E-state index is 0.110. The molecule has 0 saturated carbocycles. The number of fused-ring (bicyclic) bond motifs is 3. The second-order valence-electron chi connectivity index (χ2n) is 10.5. The van der Waals surface area contributed by atoms with E-state index in [-0.39, 0.29) is 28.2 Å². The maximum absolute atomic E-state index is 14.5. The Bertz CT molecular complexity index is 2170. The fraction of sp³-hybridized carbons (Fsp3) is 0. The van der Waals surface area contributed by atoms with Gasteiger partial charge in [0.1, 0.15) is 51.9 Å². The van der Waals surface area contributed by atoms with Crippen LogP contribution in [0.5, 0.6) is 0 Å². The van der Waals surface area contributed by atoms with Gasteiger partial charge in [-0.3, -0.25) is 0 Å². The Labute approximate surface area is 251 Å². The highest BCUT2D eigenvalue weighted by Gasteiger charge is 2.20. The molecule has 7 rings (SSSR count). The van der Waals surface area contributed by atoms with Crippen LogP contribution in [0, 0.1) is 40.7 Å². The number of benzene rings is 6. The number of halogens is 7. The molecular formula is C36H18F7NO. The number of hydrogen-bond acceptors (Lipinski definition) is 2. The van der Waals surface area contributed by atoms with Gasteiger partial charge in [0, 0.05) is 34.7 Å². The summed E-state index contributed by atoms with van der Waals surface area (Å²) < 4.78 is 107. The third kappa shape index (κ3) is 5.48. The van der Waals surface area contributed by atoms with Crippen molar-refractivity contribution in [1.29, 1.82) is 0 Å². The third-order valence-corrected chi connectivity index (χ3v) is 7.35. The van der Waals surface area contributed by atoms with E-state index in [0.717, 1.165) is 36.4 Å². The molecule has 1 aromatic heterocycles. The smallest absolute Gasteiger partial charge is 0.136 e. The van der Waals surface area contributed by atoms with Crippen molar-refractivity contribution in [2.75, 3.05) is 4.90 Å². The Morgan fingerprint density at radius 1 is 0.333 bits per heavy atom. The highest BCUT2D eigenvalue weighted by atomic mass is 19.2. The molecule has 0 fully saturated rings. The second kappa shape index (κ2) is 10.9. The fourth-order valence-electron chi connectivity index (χ4n) is 5.51. The zero-order chi connectivity index (χ0) is 31.4. The quantitative estimate of drug-likeness (QED) is 0.180. The molecule has 0 bridgehead atoms. The van der Waals surface area contributed by atoms with Gasteiger partial charge in [0.25, 0.3) is 0 Å². The van der Waals surface area contributed by atoms with E-state index >= 15 is 0 Å². The summed E-state index contributed by atoms with van der Waals surface area (Å²) in [5.74, 6) is -5.89. The van der Waals surface area contributed by atoms with E-state index in [2.05, 4.69) is 0 Å². The van der Waals surface area contributed by atoms with Crippen molar-refractivity contribution < 1.29 is 35.2 Å². The average Bonchev–Trinajstić information content (AvgIpc) is 3.33. The molecule has 45 heavy (non-hydrogen) atoms. The maximum Gasteiger partial charge on any atom is 0.136 e. The van der Waals surface area contributed by atoms with Crippen LogP contribution in [0.25, 0.3) is 44.2 Å². The van der Waals surface area contributed by atoms with Gasteiger partial charge in [-0.25, -0.2) is 30.7 Å². The molecule has 7 aromatic rings. The third-order valence-electron chi connectivity index (χ3n) is 7.35. The Morgan fingerprint density at radius 2 is 0.822 bits per heavy atom. The first-order valence-electron chi connectivity index (χ1n) is 13.6. The first-order chi connectivity index (χ1) is 21.6. The van der Waals surface area contributed by atoms with Crippen molar-refractivity contribution in [3.63, 3.8) is 0 Å². The van der Waals surface area contributed by atoms with Crippen LogP contribution >= 0.6 is 0 Å². The summed E-state index contributed by atoms with van der Waals surface area (Å²) >= 11 is 0. The van der Waals surface area contributed by atoms with Gasteiger partial charge >= 0.3 is 0 Å². The molecule has 0 aliphatic heterocycles. The minimum Gasteiger partial charge on any atom is -0.456 e. The predicted molar refractivity (Wildman–Crippen MR) is 159 cm³/mol. The van der Waals surface area contributed by atoms with Gasteiger partial charge in [0.2, 0.25) is 0 Å². The van der Waals surface area contributed by atoms with E-state index in [0.29, 0.717) is 51.3 Å². The Kier molecular flexibility index (Phi) is 6.81.